The van der Waals surface area contributed by atoms with E-state index in [2.05, 4.69) is 20.4 Å². The van der Waals surface area contributed by atoms with E-state index >= 15 is 0 Å². The van der Waals surface area contributed by atoms with Gasteiger partial charge in [0.25, 0.3) is 5.91 Å². The van der Waals surface area contributed by atoms with E-state index in [-0.39, 0.29) is 5.91 Å². The second-order valence-corrected chi connectivity index (χ2v) is 5.86. The summed E-state index contributed by atoms with van der Waals surface area (Å²) in [7, 11) is 1.57. The third-order valence-electron chi connectivity index (χ3n) is 4.15. The maximum Gasteiger partial charge on any atom is 0.256 e. The first kappa shape index (κ1) is 16.2. The van der Waals surface area contributed by atoms with Crippen molar-refractivity contribution in [3.8, 4) is 5.75 Å². The number of nitrogens with one attached hydrogen (secondary N) is 1. The molecule has 1 aromatic heterocycles. The number of carbonyl (C=O) groups is 1. The summed E-state index contributed by atoms with van der Waals surface area (Å²) in [6.45, 7) is 2.04. The van der Waals surface area contributed by atoms with Crippen molar-refractivity contribution in [3.05, 3.63) is 42.0 Å². The summed E-state index contributed by atoms with van der Waals surface area (Å²) in [5.74, 6) is 1.73. The van der Waals surface area contributed by atoms with Crippen LogP contribution < -0.4 is 15.0 Å². The Balaban J connectivity index is 1.65. The van der Waals surface area contributed by atoms with Crippen LogP contribution in [-0.4, -0.2) is 36.3 Å². The fourth-order valence-corrected chi connectivity index (χ4v) is 2.81. The summed E-state index contributed by atoms with van der Waals surface area (Å²) in [4.78, 5) is 14.5. The van der Waals surface area contributed by atoms with E-state index < -0.39 is 0 Å². The Morgan fingerprint density at radius 2 is 1.88 bits per heavy atom. The normalized spacial score (nSPS) is 14.8. The Morgan fingerprint density at radius 3 is 2.54 bits per heavy atom. The van der Waals surface area contributed by atoms with Gasteiger partial charge in [-0.1, -0.05) is 18.9 Å². The van der Waals surface area contributed by atoms with Crippen LogP contribution in [0, 0.1) is 0 Å². The number of anilines is 2. The van der Waals surface area contributed by atoms with Crippen molar-refractivity contribution in [1.29, 1.82) is 0 Å². The number of hydrogen-bond acceptors (Lipinski definition) is 5. The lowest BCUT2D eigenvalue weighted by Gasteiger charge is -2.20. The van der Waals surface area contributed by atoms with Crippen LogP contribution in [0.3, 0.4) is 0 Å². The smallest absolute Gasteiger partial charge is 0.256 e. The molecule has 0 saturated carbocycles. The van der Waals surface area contributed by atoms with E-state index in [1.54, 1.807) is 37.4 Å². The largest absolute Gasteiger partial charge is 0.497 e. The molecule has 1 aliphatic heterocycles. The minimum Gasteiger partial charge on any atom is -0.497 e. The SMILES string of the molecule is COc1cccc(C(=O)Nc2ccc(N3CCCCCC3)nn2)c1. The second kappa shape index (κ2) is 7.77. The molecule has 0 radical (unpaired) electrons. The van der Waals surface area contributed by atoms with Crippen molar-refractivity contribution in [2.45, 2.75) is 25.7 Å². The first-order valence-electron chi connectivity index (χ1n) is 8.30. The van der Waals surface area contributed by atoms with Gasteiger partial charge in [0.2, 0.25) is 0 Å². The monoisotopic (exact) mass is 326 g/mol. The van der Waals surface area contributed by atoms with Crippen LogP contribution in [0.5, 0.6) is 5.75 Å². The third-order valence-corrected chi connectivity index (χ3v) is 4.15. The van der Waals surface area contributed by atoms with Gasteiger partial charge in [-0.05, 0) is 43.2 Å². The molecule has 1 saturated heterocycles. The molecule has 2 aromatic rings. The Labute approximate surface area is 141 Å². The Bertz CT molecular complexity index is 680. The van der Waals surface area contributed by atoms with Crippen LogP contribution >= 0.6 is 0 Å². The van der Waals surface area contributed by atoms with Crippen molar-refractivity contribution in [2.24, 2.45) is 0 Å². The molecule has 6 heteroatoms. The van der Waals surface area contributed by atoms with Gasteiger partial charge in [-0.15, -0.1) is 10.2 Å². The molecule has 1 amide bonds. The molecule has 1 fully saturated rings. The van der Waals surface area contributed by atoms with Crippen LogP contribution in [0.4, 0.5) is 11.6 Å². The zero-order valence-corrected chi connectivity index (χ0v) is 13.9. The van der Waals surface area contributed by atoms with Gasteiger partial charge >= 0.3 is 0 Å². The van der Waals surface area contributed by atoms with E-state index in [0.29, 0.717) is 17.1 Å². The summed E-state index contributed by atoms with van der Waals surface area (Å²) < 4.78 is 5.13. The number of amides is 1. The number of carbonyl (C=O) groups excluding carboxylic acids is 1. The van der Waals surface area contributed by atoms with Gasteiger partial charge in [0.1, 0.15) is 5.75 Å². The lowest BCUT2D eigenvalue weighted by atomic mass is 10.2. The average molecular weight is 326 g/mol. The molecule has 3 rings (SSSR count). The van der Waals surface area contributed by atoms with E-state index in [9.17, 15) is 4.79 Å². The van der Waals surface area contributed by atoms with Gasteiger partial charge in [-0.2, -0.15) is 0 Å². The lowest BCUT2D eigenvalue weighted by molar-refractivity contribution is 0.102. The lowest BCUT2D eigenvalue weighted by Crippen LogP contribution is -2.25. The van der Waals surface area contributed by atoms with Crippen LogP contribution in [0.2, 0.25) is 0 Å². The predicted octanol–water partition coefficient (Wildman–Crippen LogP) is 3.12. The summed E-state index contributed by atoms with van der Waals surface area (Å²) in [6.07, 6.45) is 4.93. The molecule has 1 aliphatic rings. The van der Waals surface area contributed by atoms with Gasteiger partial charge in [-0.25, -0.2) is 0 Å². The highest BCUT2D eigenvalue weighted by Crippen LogP contribution is 2.18. The molecular weight excluding hydrogens is 304 g/mol. The van der Waals surface area contributed by atoms with Gasteiger partial charge in [0, 0.05) is 18.7 Å². The maximum absolute atomic E-state index is 12.3. The molecule has 126 valence electrons. The molecule has 0 spiro atoms. The van der Waals surface area contributed by atoms with Crippen LogP contribution in [0.1, 0.15) is 36.0 Å². The highest BCUT2D eigenvalue weighted by atomic mass is 16.5. The summed E-state index contributed by atoms with van der Waals surface area (Å²) in [5.41, 5.74) is 0.521. The summed E-state index contributed by atoms with van der Waals surface area (Å²) in [5, 5.41) is 11.2. The molecule has 2 heterocycles. The first-order chi connectivity index (χ1) is 11.8. The van der Waals surface area contributed by atoms with Crippen molar-refractivity contribution >= 4 is 17.5 Å². The molecular formula is C18H22N4O2. The minimum absolute atomic E-state index is 0.231. The van der Waals surface area contributed by atoms with Crippen LogP contribution in [-0.2, 0) is 0 Å². The van der Waals surface area contributed by atoms with Gasteiger partial charge < -0.3 is 15.0 Å². The van der Waals surface area contributed by atoms with E-state index in [1.807, 2.05) is 6.07 Å². The zero-order chi connectivity index (χ0) is 16.8. The van der Waals surface area contributed by atoms with E-state index in [1.165, 1.54) is 25.7 Å². The molecule has 0 atom stereocenters. The molecule has 1 N–H and O–H groups in total. The third kappa shape index (κ3) is 4.01. The fourth-order valence-electron chi connectivity index (χ4n) is 2.81. The Hall–Kier alpha value is -2.63. The topological polar surface area (TPSA) is 67.3 Å². The number of rotatable bonds is 4. The average Bonchev–Trinajstić information content (AvgIpc) is 2.92. The van der Waals surface area contributed by atoms with Crippen LogP contribution in [0.25, 0.3) is 0 Å². The molecule has 0 unspecified atom stereocenters. The zero-order valence-electron chi connectivity index (χ0n) is 13.9. The number of nitrogens with zero attached hydrogens (tertiary/aromatic N) is 3. The summed E-state index contributed by atoms with van der Waals surface area (Å²) in [6, 6.07) is 10.7. The quantitative estimate of drug-likeness (QED) is 0.935. The van der Waals surface area contributed by atoms with Crippen LogP contribution in [0.15, 0.2) is 36.4 Å². The molecule has 0 aliphatic carbocycles. The number of hydrogen-bond donors (Lipinski definition) is 1. The molecule has 6 nitrogen and oxygen atoms in total. The predicted molar refractivity (Wildman–Crippen MR) is 93.7 cm³/mol. The van der Waals surface area contributed by atoms with Crippen molar-refractivity contribution < 1.29 is 9.53 Å². The molecule has 0 bridgehead atoms. The highest BCUT2D eigenvalue weighted by molar-refractivity contribution is 6.03. The van der Waals surface area contributed by atoms with Crippen molar-refractivity contribution in [3.63, 3.8) is 0 Å². The number of ether oxygens (including phenoxy) is 1. The summed E-state index contributed by atoms with van der Waals surface area (Å²) >= 11 is 0. The van der Waals surface area contributed by atoms with E-state index in [4.69, 9.17) is 4.74 Å². The van der Waals surface area contributed by atoms with Crippen molar-refractivity contribution in [2.75, 3.05) is 30.4 Å². The number of methoxy groups -OCH3 is 1. The standard InChI is InChI=1S/C18H22N4O2/c1-24-15-8-6-7-14(13-15)18(23)19-16-9-10-17(21-20-16)22-11-4-2-3-5-12-22/h6-10,13H,2-5,11-12H2,1H3,(H,19,20,23). The minimum atomic E-state index is -0.231. The number of benzene rings is 1. The van der Waals surface area contributed by atoms with E-state index in [0.717, 1.165) is 18.9 Å². The Morgan fingerprint density at radius 1 is 1.08 bits per heavy atom. The van der Waals surface area contributed by atoms with Gasteiger partial charge in [0.15, 0.2) is 11.6 Å². The van der Waals surface area contributed by atoms with Crippen molar-refractivity contribution in [1.82, 2.24) is 10.2 Å². The Kier molecular flexibility index (Phi) is 5.25. The molecule has 24 heavy (non-hydrogen) atoms. The van der Waals surface area contributed by atoms with Gasteiger partial charge in [0.05, 0.1) is 7.11 Å². The number of aromatic nitrogens is 2. The second-order valence-electron chi connectivity index (χ2n) is 5.86. The maximum atomic E-state index is 12.3. The molecule has 1 aromatic carbocycles. The fraction of sp³-hybridized carbons (Fsp3) is 0.389. The van der Waals surface area contributed by atoms with Gasteiger partial charge in [-0.3, -0.25) is 4.79 Å². The highest BCUT2D eigenvalue weighted by Gasteiger charge is 2.12. The first-order valence-corrected chi connectivity index (χ1v) is 8.30.